The van der Waals surface area contributed by atoms with E-state index in [1.807, 2.05) is 0 Å². The lowest BCUT2D eigenvalue weighted by atomic mass is 10.2. The molecule has 2 N–H and O–H groups in total. The van der Waals surface area contributed by atoms with Gasteiger partial charge in [0.25, 0.3) is 5.91 Å². The Morgan fingerprint density at radius 2 is 2.19 bits per heavy atom. The van der Waals surface area contributed by atoms with Crippen molar-refractivity contribution in [1.82, 2.24) is 0 Å². The number of rotatable bonds is 5. The smallest absolute Gasteiger partial charge is 0.255 e. The Hall–Kier alpha value is -1.56. The molecule has 0 bridgehead atoms. The average Bonchev–Trinajstić information content (AvgIpc) is 2.26. The van der Waals surface area contributed by atoms with Crippen LogP contribution in [0, 0.1) is 0 Å². The first-order valence-electron chi connectivity index (χ1n) is 4.32. The van der Waals surface area contributed by atoms with Gasteiger partial charge in [-0.1, -0.05) is 0 Å². The van der Waals surface area contributed by atoms with Crippen LogP contribution in [0.3, 0.4) is 0 Å². The summed E-state index contributed by atoms with van der Waals surface area (Å²) in [5.74, 6) is 0.128. The molecule has 0 aliphatic heterocycles. The maximum absolute atomic E-state index is 10.7. The third kappa shape index (κ3) is 2.96. The normalized spacial score (nSPS) is 9.62. The first-order chi connectivity index (χ1) is 7.58. The molecule has 0 aliphatic carbocycles. The highest BCUT2D eigenvalue weighted by molar-refractivity contribution is 9.10. The summed E-state index contributed by atoms with van der Waals surface area (Å²) in [6.07, 6.45) is 0.685. The fraction of sp³-hybridized carbons (Fsp3) is 0.200. The molecule has 1 aromatic rings. The van der Waals surface area contributed by atoms with E-state index in [2.05, 4.69) is 15.9 Å². The Morgan fingerprint density at radius 3 is 2.69 bits per heavy atom. The van der Waals surface area contributed by atoms with E-state index in [0.29, 0.717) is 27.8 Å². The lowest BCUT2D eigenvalue weighted by Crippen LogP contribution is -2.20. The third-order valence-corrected chi connectivity index (χ3v) is 2.47. The van der Waals surface area contributed by atoms with Crippen molar-refractivity contribution in [2.45, 2.75) is 0 Å². The van der Waals surface area contributed by atoms with Crippen LogP contribution in [0.2, 0.25) is 0 Å². The summed E-state index contributed by atoms with van der Waals surface area (Å²) < 4.78 is 10.7. The zero-order chi connectivity index (χ0) is 12.1. The van der Waals surface area contributed by atoms with Gasteiger partial charge in [-0.2, -0.15) is 0 Å². The number of aldehydes is 1. The number of hydrogen-bond donors (Lipinski definition) is 1. The summed E-state index contributed by atoms with van der Waals surface area (Å²) in [5.41, 5.74) is 5.39. The largest absolute Gasteiger partial charge is 0.493 e. The van der Waals surface area contributed by atoms with E-state index in [1.54, 1.807) is 6.07 Å². The molecule has 6 heteroatoms. The molecule has 0 heterocycles. The van der Waals surface area contributed by atoms with Gasteiger partial charge >= 0.3 is 0 Å². The standard InChI is InChI=1S/C10H10BrNO4/c1-15-8-2-6(4-13)7(11)3-9(8)16-5-10(12)14/h2-4H,5H2,1H3,(H2,12,14). The molecule has 0 atom stereocenters. The summed E-state index contributed by atoms with van der Waals surface area (Å²) in [4.78, 5) is 21.2. The van der Waals surface area contributed by atoms with Gasteiger partial charge in [-0.3, -0.25) is 9.59 Å². The van der Waals surface area contributed by atoms with Crippen LogP contribution in [0.5, 0.6) is 11.5 Å². The van der Waals surface area contributed by atoms with Crippen LogP contribution in [-0.2, 0) is 4.79 Å². The van der Waals surface area contributed by atoms with Crippen LogP contribution >= 0.6 is 15.9 Å². The molecule has 0 unspecified atom stereocenters. The second-order valence-electron chi connectivity index (χ2n) is 2.90. The first-order valence-corrected chi connectivity index (χ1v) is 5.11. The molecule has 0 saturated carbocycles. The summed E-state index contributed by atoms with van der Waals surface area (Å²) in [6, 6.07) is 3.05. The quantitative estimate of drug-likeness (QED) is 0.824. The molecule has 86 valence electrons. The number of halogens is 1. The number of hydrogen-bond acceptors (Lipinski definition) is 4. The SMILES string of the molecule is COc1cc(C=O)c(Br)cc1OCC(N)=O. The Balaban J connectivity index is 3.03. The molecule has 0 spiro atoms. The average molecular weight is 288 g/mol. The summed E-state index contributed by atoms with van der Waals surface area (Å²) in [5, 5.41) is 0. The first kappa shape index (κ1) is 12.5. The predicted octanol–water partition coefficient (Wildman–Crippen LogP) is 1.13. The van der Waals surface area contributed by atoms with Gasteiger partial charge in [0, 0.05) is 10.0 Å². The molecule has 16 heavy (non-hydrogen) atoms. The number of amides is 1. The second kappa shape index (κ2) is 5.50. The Morgan fingerprint density at radius 1 is 1.50 bits per heavy atom. The van der Waals surface area contributed by atoms with E-state index in [9.17, 15) is 9.59 Å². The molecule has 0 saturated heterocycles. The number of benzene rings is 1. The van der Waals surface area contributed by atoms with E-state index >= 15 is 0 Å². The van der Waals surface area contributed by atoms with Crippen molar-refractivity contribution in [3.05, 3.63) is 22.2 Å². The molecule has 5 nitrogen and oxygen atoms in total. The van der Waals surface area contributed by atoms with Crippen LogP contribution in [0.4, 0.5) is 0 Å². The van der Waals surface area contributed by atoms with Gasteiger partial charge in [-0.15, -0.1) is 0 Å². The van der Waals surface area contributed by atoms with Gasteiger partial charge in [0.05, 0.1) is 7.11 Å². The van der Waals surface area contributed by atoms with Gasteiger partial charge in [-0.25, -0.2) is 0 Å². The van der Waals surface area contributed by atoms with Crippen LogP contribution in [0.15, 0.2) is 16.6 Å². The van der Waals surface area contributed by atoms with Crippen molar-refractivity contribution in [3.8, 4) is 11.5 Å². The minimum absolute atomic E-state index is 0.247. The zero-order valence-corrected chi connectivity index (χ0v) is 10.1. The van der Waals surface area contributed by atoms with Crippen molar-refractivity contribution >= 4 is 28.1 Å². The Labute approximate surface area is 101 Å². The Kier molecular flexibility index (Phi) is 4.30. The second-order valence-corrected chi connectivity index (χ2v) is 3.75. The number of ether oxygens (including phenoxy) is 2. The maximum Gasteiger partial charge on any atom is 0.255 e. The van der Waals surface area contributed by atoms with Crippen molar-refractivity contribution < 1.29 is 19.1 Å². The van der Waals surface area contributed by atoms with Gasteiger partial charge in [0.2, 0.25) is 0 Å². The molecule has 0 fully saturated rings. The minimum Gasteiger partial charge on any atom is -0.493 e. The number of methoxy groups -OCH3 is 1. The van der Waals surface area contributed by atoms with Gasteiger partial charge in [-0.05, 0) is 28.1 Å². The van der Waals surface area contributed by atoms with Crippen molar-refractivity contribution in [1.29, 1.82) is 0 Å². The predicted molar refractivity (Wildman–Crippen MR) is 60.8 cm³/mol. The third-order valence-electron chi connectivity index (χ3n) is 1.78. The van der Waals surface area contributed by atoms with E-state index in [4.69, 9.17) is 15.2 Å². The Bertz CT molecular complexity index is 420. The van der Waals surface area contributed by atoms with Gasteiger partial charge in [0.15, 0.2) is 24.4 Å². The summed E-state index contributed by atoms with van der Waals surface area (Å²) in [6.45, 7) is -0.247. The molecular weight excluding hydrogens is 278 g/mol. The molecule has 0 aliphatic rings. The number of carbonyl (C=O) groups excluding carboxylic acids is 2. The molecular formula is C10H10BrNO4. The maximum atomic E-state index is 10.7. The molecule has 1 amide bonds. The highest BCUT2D eigenvalue weighted by Gasteiger charge is 2.10. The van der Waals surface area contributed by atoms with E-state index in [1.165, 1.54) is 13.2 Å². The van der Waals surface area contributed by atoms with Crippen LogP contribution < -0.4 is 15.2 Å². The molecule has 1 rings (SSSR count). The molecule has 1 aromatic carbocycles. The van der Waals surface area contributed by atoms with Crippen LogP contribution in [0.25, 0.3) is 0 Å². The highest BCUT2D eigenvalue weighted by Crippen LogP contribution is 2.32. The van der Waals surface area contributed by atoms with Gasteiger partial charge in [0.1, 0.15) is 0 Å². The van der Waals surface area contributed by atoms with E-state index in [-0.39, 0.29) is 6.61 Å². The van der Waals surface area contributed by atoms with E-state index in [0.717, 1.165) is 0 Å². The number of nitrogens with two attached hydrogens (primary N) is 1. The van der Waals surface area contributed by atoms with E-state index < -0.39 is 5.91 Å². The minimum atomic E-state index is -0.586. The monoisotopic (exact) mass is 287 g/mol. The van der Waals surface area contributed by atoms with Crippen LogP contribution in [-0.4, -0.2) is 25.9 Å². The lowest BCUT2D eigenvalue weighted by Gasteiger charge is -2.10. The summed E-state index contributed by atoms with van der Waals surface area (Å²) >= 11 is 3.19. The zero-order valence-electron chi connectivity index (χ0n) is 8.53. The number of carbonyl (C=O) groups is 2. The van der Waals surface area contributed by atoms with Crippen molar-refractivity contribution in [2.75, 3.05) is 13.7 Å². The number of primary amides is 1. The molecule has 0 aromatic heterocycles. The van der Waals surface area contributed by atoms with Crippen molar-refractivity contribution in [2.24, 2.45) is 5.73 Å². The lowest BCUT2D eigenvalue weighted by molar-refractivity contribution is -0.119. The topological polar surface area (TPSA) is 78.6 Å². The summed E-state index contributed by atoms with van der Waals surface area (Å²) in [7, 11) is 1.44. The molecule has 0 radical (unpaired) electrons. The fourth-order valence-electron chi connectivity index (χ4n) is 1.06. The highest BCUT2D eigenvalue weighted by atomic mass is 79.9. The van der Waals surface area contributed by atoms with Gasteiger partial charge < -0.3 is 15.2 Å². The fourth-order valence-corrected chi connectivity index (χ4v) is 1.48. The van der Waals surface area contributed by atoms with Crippen LogP contribution in [0.1, 0.15) is 10.4 Å². The van der Waals surface area contributed by atoms with Crippen molar-refractivity contribution in [3.63, 3.8) is 0 Å².